The van der Waals surface area contributed by atoms with Crippen LogP contribution in [0.25, 0.3) is 0 Å². The van der Waals surface area contributed by atoms with E-state index in [4.69, 9.17) is 0 Å². The standard InChI is InChI=1S/C17H27IN2/c1-12(2)9-14-11-20(17(10-19-14)13(3)4)16-8-6-5-7-15(16)18/h5-8,12-14,17,19H,9-11H2,1-4H3. The molecule has 20 heavy (non-hydrogen) atoms. The van der Waals surface area contributed by atoms with E-state index in [9.17, 15) is 0 Å². The van der Waals surface area contributed by atoms with Gasteiger partial charge in [0.25, 0.3) is 0 Å². The van der Waals surface area contributed by atoms with Gasteiger partial charge < -0.3 is 10.2 Å². The van der Waals surface area contributed by atoms with Crippen molar-refractivity contribution in [2.45, 2.75) is 46.2 Å². The molecule has 1 aromatic carbocycles. The Balaban J connectivity index is 2.21. The van der Waals surface area contributed by atoms with Gasteiger partial charge >= 0.3 is 0 Å². The van der Waals surface area contributed by atoms with E-state index in [-0.39, 0.29) is 0 Å². The molecule has 0 aromatic heterocycles. The lowest BCUT2D eigenvalue weighted by Gasteiger charge is -2.44. The normalized spacial score (nSPS) is 23.6. The van der Waals surface area contributed by atoms with Gasteiger partial charge in [0.15, 0.2) is 0 Å². The molecule has 0 spiro atoms. The predicted molar refractivity (Wildman–Crippen MR) is 96.4 cm³/mol. The number of hydrogen-bond donors (Lipinski definition) is 1. The third-order valence-corrected chi connectivity index (χ3v) is 5.03. The summed E-state index contributed by atoms with van der Waals surface area (Å²) >= 11 is 2.47. The van der Waals surface area contributed by atoms with Crippen molar-refractivity contribution in [2.75, 3.05) is 18.0 Å². The number of hydrogen-bond acceptors (Lipinski definition) is 2. The maximum absolute atomic E-state index is 3.76. The Hall–Kier alpha value is -0.290. The maximum atomic E-state index is 3.76. The van der Waals surface area contributed by atoms with Crippen molar-refractivity contribution < 1.29 is 0 Å². The van der Waals surface area contributed by atoms with Crippen molar-refractivity contribution in [3.05, 3.63) is 27.8 Å². The molecule has 112 valence electrons. The van der Waals surface area contributed by atoms with E-state index in [2.05, 4.69) is 84.8 Å². The monoisotopic (exact) mass is 386 g/mol. The highest BCUT2D eigenvalue weighted by molar-refractivity contribution is 14.1. The molecule has 0 bridgehead atoms. The average Bonchev–Trinajstić information content (AvgIpc) is 2.38. The lowest BCUT2D eigenvalue weighted by Crippen LogP contribution is -2.59. The molecule has 2 rings (SSSR count). The van der Waals surface area contributed by atoms with Crippen molar-refractivity contribution in [2.24, 2.45) is 11.8 Å². The van der Waals surface area contributed by atoms with Gasteiger partial charge in [-0.05, 0) is 53.0 Å². The van der Waals surface area contributed by atoms with Crippen molar-refractivity contribution in [3.8, 4) is 0 Å². The molecule has 1 heterocycles. The van der Waals surface area contributed by atoms with Crippen molar-refractivity contribution in [3.63, 3.8) is 0 Å². The van der Waals surface area contributed by atoms with Crippen LogP contribution in [0.15, 0.2) is 24.3 Å². The fraction of sp³-hybridized carbons (Fsp3) is 0.647. The summed E-state index contributed by atoms with van der Waals surface area (Å²) in [6.45, 7) is 11.5. The fourth-order valence-electron chi connectivity index (χ4n) is 3.12. The van der Waals surface area contributed by atoms with Crippen LogP contribution >= 0.6 is 22.6 Å². The summed E-state index contributed by atoms with van der Waals surface area (Å²) in [5, 5.41) is 3.76. The van der Waals surface area contributed by atoms with E-state index < -0.39 is 0 Å². The Morgan fingerprint density at radius 1 is 1.25 bits per heavy atom. The molecule has 3 heteroatoms. The number of halogens is 1. The highest BCUT2D eigenvalue weighted by Crippen LogP contribution is 2.29. The van der Waals surface area contributed by atoms with Crippen molar-refractivity contribution >= 4 is 28.3 Å². The largest absolute Gasteiger partial charge is 0.365 e. The van der Waals surface area contributed by atoms with Gasteiger partial charge in [-0.2, -0.15) is 0 Å². The zero-order valence-electron chi connectivity index (χ0n) is 13.1. The molecule has 1 aromatic rings. The van der Waals surface area contributed by atoms with Gasteiger partial charge in [0.2, 0.25) is 0 Å². The van der Waals surface area contributed by atoms with Crippen LogP contribution in [-0.2, 0) is 0 Å². The summed E-state index contributed by atoms with van der Waals surface area (Å²) in [6.07, 6.45) is 1.25. The minimum atomic E-state index is 0.592. The molecule has 0 aliphatic carbocycles. The van der Waals surface area contributed by atoms with Gasteiger partial charge in [-0.3, -0.25) is 0 Å². The van der Waals surface area contributed by atoms with Crippen LogP contribution in [0.1, 0.15) is 34.1 Å². The first-order valence-electron chi connectivity index (χ1n) is 7.73. The highest BCUT2D eigenvalue weighted by Gasteiger charge is 2.30. The number of para-hydroxylation sites is 1. The third-order valence-electron chi connectivity index (χ3n) is 4.12. The molecule has 0 amide bonds. The number of benzene rings is 1. The molecular weight excluding hydrogens is 359 g/mol. The SMILES string of the molecule is CC(C)CC1CN(c2ccccc2I)C(C(C)C)CN1. The van der Waals surface area contributed by atoms with Crippen LogP contribution in [0.3, 0.4) is 0 Å². The Bertz CT molecular complexity index is 431. The number of nitrogens with zero attached hydrogens (tertiary/aromatic N) is 1. The minimum Gasteiger partial charge on any atom is -0.365 e. The first-order valence-corrected chi connectivity index (χ1v) is 8.81. The quantitative estimate of drug-likeness (QED) is 0.783. The summed E-state index contributed by atoms with van der Waals surface area (Å²) in [4.78, 5) is 2.63. The van der Waals surface area contributed by atoms with Gasteiger partial charge in [0, 0.05) is 28.7 Å². The smallest absolute Gasteiger partial charge is 0.0505 e. The summed E-state index contributed by atoms with van der Waals surface area (Å²) in [6, 6.07) is 9.98. The number of anilines is 1. The van der Waals surface area contributed by atoms with Gasteiger partial charge in [-0.15, -0.1) is 0 Å². The molecule has 1 saturated heterocycles. The van der Waals surface area contributed by atoms with Crippen LogP contribution in [0.5, 0.6) is 0 Å². The Morgan fingerprint density at radius 2 is 1.95 bits per heavy atom. The lowest BCUT2D eigenvalue weighted by atomic mass is 9.94. The molecule has 2 atom stereocenters. The second-order valence-corrected chi connectivity index (χ2v) is 7.81. The summed E-state index contributed by atoms with van der Waals surface area (Å²) < 4.78 is 1.36. The van der Waals surface area contributed by atoms with E-state index >= 15 is 0 Å². The molecule has 1 aliphatic heterocycles. The average molecular weight is 386 g/mol. The van der Waals surface area contributed by atoms with E-state index in [1.807, 2.05) is 0 Å². The first-order chi connectivity index (χ1) is 9.49. The van der Waals surface area contributed by atoms with Gasteiger partial charge in [0.1, 0.15) is 0 Å². The van der Waals surface area contributed by atoms with Crippen LogP contribution < -0.4 is 10.2 Å². The van der Waals surface area contributed by atoms with E-state index in [0.29, 0.717) is 18.0 Å². The van der Waals surface area contributed by atoms with Crippen LogP contribution in [0, 0.1) is 15.4 Å². The molecule has 0 radical (unpaired) electrons. The molecule has 1 N–H and O–H groups in total. The maximum Gasteiger partial charge on any atom is 0.0505 e. The number of rotatable bonds is 4. The van der Waals surface area contributed by atoms with Crippen LogP contribution in [0.4, 0.5) is 5.69 Å². The second-order valence-electron chi connectivity index (χ2n) is 6.65. The Labute approximate surface area is 137 Å². The zero-order valence-corrected chi connectivity index (χ0v) is 15.2. The van der Waals surface area contributed by atoms with Crippen LogP contribution in [-0.4, -0.2) is 25.2 Å². The van der Waals surface area contributed by atoms with Crippen molar-refractivity contribution in [1.29, 1.82) is 0 Å². The second kappa shape index (κ2) is 7.12. The Kier molecular flexibility index (Phi) is 5.73. The summed E-state index contributed by atoms with van der Waals surface area (Å²) in [7, 11) is 0. The van der Waals surface area contributed by atoms with Gasteiger partial charge in [-0.1, -0.05) is 39.8 Å². The van der Waals surface area contributed by atoms with Gasteiger partial charge in [0.05, 0.1) is 5.69 Å². The first kappa shape index (κ1) is 16.1. The minimum absolute atomic E-state index is 0.592. The number of piperazine rings is 1. The van der Waals surface area contributed by atoms with Crippen LogP contribution in [0.2, 0.25) is 0 Å². The highest BCUT2D eigenvalue weighted by atomic mass is 127. The summed E-state index contributed by atoms with van der Waals surface area (Å²) in [5.74, 6) is 1.42. The van der Waals surface area contributed by atoms with E-state index in [1.165, 1.54) is 15.7 Å². The molecule has 2 nitrogen and oxygen atoms in total. The Morgan fingerprint density at radius 3 is 2.55 bits per heavy atom. The molecule has 1 aliphatic rings. The molecule has 2 unspecified atom stereocenters. The topological polar surface area (TPSA) is 15.3 Å². The molecule has 1 fully saturated rings. The lowest BCUT2D eigenvalue weighted by molar-refractivity contribution is 0.310. The molecular formula is C17H27IN2. The van der Waals surface area contributed by atoms with E-state index in [0.717, 1.165) is 19.0 Å². The summed E-state index contributed by atoms with van der Waals surface area (Å²) in [5.41, 5.74) is 1.40. The third kappa shape index (κ3) is 3.88. The van der Waals surface area contributed by atoms with E-state index in [1.54, 1.807) is 0 Å². The zero-order chi connectivity index (χ0) is 14.7. The fourth-order valence-corrected chi connectivity index (χ4v) is 3.82. The molecule has 0 saturated carbocycles. The van der Waals surface area contributed by atoms with Gasteiger partial charge in [-0.25, -0.2) is 0 Å². The number of nitrogens with one attached hydrogen (secondary N) is 1. The predicted octanol–water partition coefficient (Wildman–Crippen LogP) is 4.14. The van der Waals surface area contributed by atoms with Crippen molar-refractivity contribution in [1.82, 2.24) is 5.32 Å².